The van der Waals surface area contributed by atoms with Crippen molar-refractivity contribution < 1.29 is 9.59 Å². The Balaban J connectivity index is 0.00000156. The first-order valence-electron chi connectivity index (χ1n) is 9.17. The molecule has 3 fully saturated rings. The second-order valence-corrected chi connectivity index (χ2v) is 7.30. The second-order valence-electron chi connectivity index (χ2n) is 7.30. The van der Waals surface area contributed by atoms with Crippen LogP contribution < -0.4 is 5.73 Å². The number of carbonyl (C=O) groups excluding carboxylic acids is 2. The molecule has 146 valence electrons. The highest BCUT2D eigenvalue weighted by Crippen LogP contribution is 2.27. The van der Waals surface area contributed by atoms with Crippen LogP contribution in [0.25, 0.3) is 0 Å². The summed E-state index contributed by atoms with van der Waals surface area (Å²) >= 11 is 0. The average Bonchev–Trinajstić information content (AvgIpc) is 3.20. The Kier molecular flexibility index (Phi) is 9.49. The largest absolute Gasteiger partial charge is 0.339 e. The molecule has 2 N–H and O–H groups in total. The van der Waals surface area contributed by atoms with E-state index in [0.717, 1.165) is 32.4 Å². The van der Waals surface area contributed by atoms with Crippen molar-refractivity contribution in [1.82, 2.24) is 14.7 Å². The molecule has 3 aliphatic rings. The van der Waals surface area contributed by atoms with Gasteiger partial charge >= 0.3 is 0 Å². The summed E-state index contributed by atoms with van der Waals surface area (Å²) in [4.78, 5) is 30.8. The molecule has 0 aromatic heterocycles. The number of nitrogens with zero attached hydrogens (tertiary/aromatic N) is 3. The summed E-state index contributed by atoms with van der Waals surface area (Å²) in [6, 6.07) is 0.197. The van der Waals surface area contributed by atoms with Crippen LogP contribution in [0.1, 0.15) is 38.5 Å². The van der Waals surface area contributed by atoms with Crippen molar-refractivity contribution in [1.29, 1.82) is 0 Å². The Morgan fingerprint density at radius 3 is 1.88 bits per heavy atom. The number of rotatable bonds is 4. The molecular formula is C17H32Cl2N4O2. The fourth-order valence-electron chi connectivity index (χ4n) is 4.11. The highest BCUT2D eigenvalue weighted by Gasteiger charge is 2.30. The fourth-order valence-corrected chi connectivity index (χ4v) is 4.11. The number of hydrogen-bond donors (Lipinski definition) is 1. The average molecular weight is 395 g/mol. The van der Waals surface area contributed by atoms with E-state index < -0.39 is 0 Å². The van der Waals surface area contributed by atoms with Gasteiger partial charge < -0.3 is 15.5 Å². The van der Waals surface area contributed by atoms with Crippen LogP contribution in [0.15, 0.2) is 0 Å². The molecule has 2 amide bonds. The lowest BCUT2D eigenvalue weighted by Crippen LogP contribution is -2.52. The molecule has 2 atom stereocenters. The van der Waals surface area contributed by atoms with Crippen LogP contribution in [0.4, 0.5) is 0 Å². The van der Waals surface area contributed by atoms with E-state index in [1.165, 1.54) is 12.8 Å². The van der Waals surface area contributed by atoms with Crippen molar-refractivity contribution in [2.45, 2.75) is 44.6 Å². The summed E-state index contributed by atoms with van der Waals surface area (Å²) in [5.41, 5.74) is 6.07. The third-order valence-corrected chi connectivity index (χ3v) is 5.70. The molecule has 1 saturated carbocycles. The van der Waals surface area contributed by atoms with E-state index in [-0.39, 0.29) is 42.7 Å². The van der Waals surface area contributed by atoms with E-state index in [2.05, 4.69) is 4.90 Å². The predicted octanol–water partition coefficient (Wildman–Crippen LogP) is 1.11. The summed E-state index contributed by atoms with van der Waals surface area (Å²) in [5.74, 6) is 0.799. The molecule has 0 spiro atoms. The SMILES string of the molecule is Cl.Cl.N[C@@H]1CCC[C@H]1CC(=O)N1CCN(C(=O)CN2CCCC2)CC1. The number of nitrogens with two attached hydrogens (primary N) is 1. The minimum Gasteiger partial charge on any atom is -0.339 e. The van der Waals surface area contributed by atoms with E-state index in [1.807, 2.05) is 9.80 Å². The van der Waals surface area contributed by atoms with E-state index in [1.54, 1.807) is 0 Å². The van der Waals surface area contributed by atoms with Gasteiger partial charge in [-0.3, -0.25) is 14.5 Å². The smallest absolute Gasteiger partial charge is 0.236 e. The molecule has 3 rings (SSSR count). The van der Waals surface area contributed by atoms with Crippen LogP contribution in [0, 0.1) is 5.92 Å². The summed E-state index contributed by atoms with van der Waals surface area (Å²) in [7, 11) is 0. The molecular weight excluding hydrogens is 363 g/mol. The zero-order valence-electron chi connectivity index (χ0n) is 14.9. The predicted molar refractivity (Wildman–Crippen MR) is 103 cm³/mol. The zero-order chi connectivity index (χ0) is 16.2. The lowest BCUT2D eigenvalue weighted by Gasteiger charge is -2.36. The van der Waals surface area contributed by atoms with Gasteiger partial charge in [-0.1, -0.05) is 6.42 Å². The maximum atomic E-state index is 12.4. The summed E-state index contributed by atoms with van der Waals surface area (Å²) < 4.78 is 0. The molecule has 0 aromatic carbocycles. The van der Waals surface area contributed by atoms with Crippen molar-refractivity contribution in [3.63, 3.8) is 0 Å². The number of hydrogen-bond acceptors (Lipinski definition) is 4. The minimum atomic E-state index is 0. The standard InChI is InChI=1S/C17H30N4O2.2ClH/c18-15-5-3-4-14(15)12-16(22)20-8-10-21(11-9-20)17(23)13-19-6-1-2-7-19;;/h14-15H,1-13,18H2;2*1H/t14-,15+;;/m0../s1. The first-order chi connectivity index (χ1) is 11.1. The molecule has 0 unspecified atom stereocenters. The van der Waals surface area contributed by atoms with Gasteiger partial charge in [0.2, 0.25) is 11.8 Å². The molecule has 8 heteroatoms. The first-order valence-corrected chi connectivity index (χ1v) is 9.17. The minimum absolute atomic E-state index is 0. The Labute approximate surface area is 163 Å². The number of carbonyl (C=O) groups is 2. The van der Waals surface area contributed by atoms with Crippen LogP contribution in [0.5, 0.6) is 0 Å². The van der Waals surface area contributed by atoms with Crippen molar-refractivity contribution >= 4 is 36.6 Å². The van der Waals surface area contributed by atoms with Crippen LogP contribution in [0.3, 0.4) is 0 Å². The van der Waals surface area contributed by atoms with E-state index >= 15 is 0 Å². The van der Waals surface area contributed by atoms with Crippen molar-refractivity contribution in [3.8, 4) is 0 Å². The summed E-state index contributed by atoms with van der Waals surface area (Å²) in [6.45, 7) is 5.34. The Bertz CT molecular complexity index is 438. The van der Waals surface area contributed by atoms with E-state index in [4.69, 9.17) is 5.73 Å². The van der Waals surface area contributed by atoms with Crippen LogP contribution in [-0.4, -0.2) is 78.4 Å². The fraction of sp³-hybridized carbons (Fsp3) is 0.882. The molecule has 1 aliphatic carbocycles. The monoisotopic (exact) mass is 394 g/mol. The molecule has 0 bridgehead atoms. The Morgan fingerprint density at radius 2 is 1.36 bits per heavy atom. The molecule has 0 radical (unpaired) electrons. The lowest BCUT2D eigenvalue weighted by molar-refractivity contribution is -0.140. The quantitative estimate of drug-likeness (QED) is 0.775. The summed E-state index contributed by atoms with van der Waals surface area (Å²) in [6.07, 6.45) is 6.29. The van der Waals surface area contributed by atoms with Crippen molar-refractivity contribution in [2.24, 2.45) is 11.7 Å². The van der Waals surface area contributed by atoms with Crippen molar-refractivity contribution in [2.75, 3.05) is 45.8 Å². The van der Waals surface area contributed by atoms with Crippen LogP contribution in [0.2, 0.25) is 0 Å². The second kappa shape index (κ2) is 10.6. The summed E-state index contributed by atoms with van der Waals surface area (Å²) in [5, 5.41) is 0. The van der Waals surface area contributed by atoms with Gasteiger partial charge in [0.1, 0.15) is 0 Å². The zero-order valence-corrected chi connectivity index (χ0v) is 16.5. The number of piperazine rings is 1. The number of likely N-dealkylation sites (tertiary alicyclic amines) is 1. The van der Waals surface area contributed by atoms with Crippen molar-refractivity contribution in [3.05, 3.63) is 0 Å². The van der Waals surface area contributed by atoms with Gasteiger partial charge in [-0.15, -0.1) is 24.8 Å². The highest BCUT2D eigenvalue weighted by atomic mass is 35.5. The highest BCUT2D eigenvalue weighted by molar-refractivity contribution is 5.85. The molecule has 2 saturated heterocycles. The molecule has 2 aliphatic heterocycles. The van der Waals surface area contributed by atoms with Gasteiger partial charge in [-0.2, -0.15) is 0 Å². The van der Waals surface area contributed by atoms with Gasteiger partial charge in [-0.05, 0) is 44.7 Å². The van der Waals surface area contributed by atoms with Gasteiger partial charge in [0.05, 0.1) is 6.54 Å². The first kappa shape index (κ1) is 22.5. The van der Waals surface area contributed by atoms with Gasteiger partial charge in [0, 0.05) is 38.6 Å². The number of halogens is 2. The van der Waals surface area contributed by atoms with E-state index in [9.17, 15) is 9.59 Å². The topological polar surface area (TPSA) is 69.9 Å². The Hall–Kier alpha value is -0.560. The maximum absolute atomic E-state index is 12.4. The molecule has 2 heterocycles. The van der Waals surface area contributed by atoms with Gasteiger partial charge in [-0.25, -0.2) is 0 Å². The van der Waals surface area contributed by atoms with Gasteiger partial charge in [0.15, 0.2) is 0 Å². The third-order valence-electron chi connectivity index (χ3n) is 5.70. The van der Waals surface area contributed by atoms with Gasteiger partial charge in [0.25, 0.3) is 0 Å². The Morgan fingerprint density at radius 1 is 0.800 bits per heavy atom. The lowest BCUT2D eigenvalue weighted by atomic mass is 9.99. The van der Waals surface area contributed by atoms with Crippen LogP contribution >= 0.6 is 24.8 Å². The molecule has 6 nitrogen and oxygen atoms in total. The van der Waals surface area contributed by atoms with Crippen LogP contribution in [-0.2, 0) is 9.59 Å². The normalized spacial score (nSPS) is 26.9. The molecule has 0 aromatic rings. The van der Waals surface area contributed by atoms with E-state index in [0.29, 0.717) is 45.1 Å². The molecule has 25 heavy (non-hydrogen) atoms. The maximum Gasteiger partial charge on any atom is 0.236 e. The third kappa shape index (κ3) is 5.98. The number of amides is 2.